The van der Waals surface area contributed by atoms with Gasteiger partial charge in [0, 0.05) is 20.1 Å². The molecule has 2 rings (SSSR count). The van der Waals surface area contributed by atoms with Crippen LogP contribution in [0.3, 0.4) is 0 Å². The second-order valence-electron chi connectivity index (χ2n) is 4.28. The molecular formula is C10H15N3O3. The van der Waals surface area contributed by atoms with Crippen LogP contribution in [0.25, 0.3) is 0 Å². The van der Waals surface area contributed by atoms with E-state index >= 15 is 0 Å². The van der Waals surface area contributed by atoms with Crippen LogP contribution in [-0.4, -0.2) is 61.3 Å². The van der Waals surface area contributed by atoms with Gasteiger partial charge in [0.05, 0.1) is 18.4 Å². The number of nitrogens with one attached hydrogen (secondary N) is 1. The summed E-state index contributed by atoms with van der Waals surface area (Å²) in [5, 5.41) is 2.77. The van der Waals surface area contributed by atoms with Crippen molar-refractivity contribution in [2.24, 2.45) is 11.8 Å². The Kier molecular flexibility index (Phi) is 2.67. The molecule has 0 aromatic rings. The highest BCUT2D eigenvalue weighted by atomic mass is 16.2. The Bertz CT molecular complexity index is 331. The van der Waals surface area contributed by atoms with Crippen LogP contribution in [0, 0.1) is 11.8 Å². The number of fused-ring (bicyclic) bond motifs is 1. The number of amides is 3. The number of carbonyl (C=O) groups is 3. The minimum absolute atomic E-state index is 0.0554. The van der Waals surface area contributed by atoms with E-state index in [0.717, 1.165) is 0 Å². The summed E-state index contributed by atoms with van der Waals surface area (Å²) in [4.78, 5) is 37.7. The number of likely N-dealkylation sites (N-methyl/N-ethyl adjacent to an activating group) is 1. The molecule has 16 heavy (non-hydrogen) atoms. The van der Waals surface area contributed by atoms with Crippen LogP contribution < -0.4 is 5.32 Å². The average molecular weight is 225 g/mol. The third kappa shape index (κ3) is 1.49. The number of carbonyl (C=O) groups excluding carboxylic acids is 3. The van der Waals surface area contributed by atoms with Crippen LogP contribution in [0.1, 0.15) is 0 Å². The molecule has 6 nitrogen and oxygen atoms in total. The SMILES string of the molecule is CNCC(=O)N1C[C@@H]2C(=O)N(C)C(=O)[C@H]2C1. The van der Waals surface area contributed by atoms with E-state index in [0.29, 0.717) is 13.1 Å². The van der Waals surface area contributed by atoms with Crippen molar-refractivity contribution in [2.45, 2.75) is 0 Å². The fourth-order valence-corrected chi connectivity index (χ4v) is 2.38. The molecule has 0 saturated carbocycles. The summed E-state index contributed by atoms with van der Waals surface area (Å²) in [6.45, 7) is 0.998. The zero-order valence-electron chi connectivity index (χ0n) is 9.40. The third-order valence-electron chi connectivity index (χ3n) is 3.30. The van der Waals surface area contributed by atoms with E-state index in [4.69, 9.17) is 0 Å². The second kappa shape index (κ2) is 3.86. The molecule has 0 aromatic heterocycles. The summed E-state index contributed by atoms with van der Waals surface area (Å²) >= 11 is 0. The maximum atomic E-state index is 11.7. The first-order chi connectivity index (χ1) is 7.56. The van der Waals surface area contributed by atoms with Crippen LogP contribution in [0.2, 0.25) is 0 Å². The Labute approximate surface area is 93.6 Å². The molecule has 2 fully saturated rings. The molecule has 0 aliphatic carbocycles. The topological polar surface area (TPSA) is 69.7 Å². The van der Waals surface area contributed by atoms with E-state index in [1.807, 2.05) is 0 Å². The molecule has 2 saturated heterocycles. The number of hydrogen-bond donors (Lipinski definition) is 1. The van der Waals surface area contributed by atoms with Gasteiger partial charge < -0.3 is 10.2 Å². The number of likely N-dealkylation sites (tertiary alicyclic amines) is 2. The number of rotatable bonds is 2. The lowest BCUT2D eigenvalue weighted by Gasteiger charge is -2.18. The normalized spacial score (nSPS) is 28.9. The minimum atomic E-state index is -0.321. The van der Waals surface area contributed by atoms with E-state index in [1.54, 1.807) is 11.9 Å². The van der Waals surface area contributed by atoms with Crippen LogP contribution in [0.15, 0.2) is 0 Å². The van der Waals surface area contributed by atoms with Gasteiger partial charge in [-0.15, -0.1) is 0 Å². The molecule has 2 aliphatic heterocycles. The summed E-state index contributed by atoms with van der Waals surface area (Å²) < 4.78 is 0. The molecule has 2 aliphatic rings. The summed E-state index contributed by atoms with van der Waals surface area (Å²) in [5.41, 5.74) is 0. The summed E-state index contributed by atoms with van der Waals surface area (Å²) in [5.74, 6) is -1.01. The number of imide groups is 1. The van der Waals surface area contributed by atoms with Gasteiger partial charge in [0.1, 0.15) is 0 Å². The molecule has 2 heterocycles. The van der Waals surface area contributed by atoms with Crippen molar-refractivity contribution < 1.29 is 14.4 Å². The van der Waals surface area contributed by atoms with Gasteiger partial charge in [-0.25, -0.2) is 0 Å². The van der Waals surface area contributed by atoms with E-state index in [1.165, 1.54) is 11.9 Å². The standard InChI is InChI=1S/C10H15N3O3/c1-11-3-8(14)13-4-6-7(5-13)10(16)12(2)9(6)15/h6-7,11H,3-5H2,1-2H3/t6-,7-/m0/s1. The van der Waals surface area contributed by atoms with Gasteiger partial charge in [-0.05, 0) is 7.05 Å². The summed E-state index contributed by atoms with van der Waals surface area (Å²) in [6, 6.07) is 0. The van der Waals surface area contributed by atoms with E-state index in [9.17, 15) is 14.4 Å². The van der Waals surface area contributed by atoms with E-state index in [2.05, 4.69) is 5.32 Å². The summed E-state index contributed by atoms with van der Waals surface area (Å²) in [6.07, 6.45) is 0. The predicted octanol–water partition coefficient (Wildman–Crippen LogP) is -1.72. The maximum Gasteiger partial charge on any atom is 0.236 e. The van der Waals surface area contributed by atoms with Gasteiger partial charge >= 0.3 is 0 Å². The lowest BCUT2D eigenvalue weighted by Crippen LogP contribution is -2.39. The molecule has 0 aromatic carbocycles. The highest BCUT2D eigenvalue weighted by Gasteiger charge is 2.51. The van der Waals surface area contributed by atoms with E-state index in [-0.39, 0.29) is 36.1 Å². The second-order valence-corrected chi connectivity index (χ2v) is 4.28. The first-order valence-electron chi connectivity index (χ1n) is 5.30. The quantitative estimate of drug-likeness (QED) is 0.567. The maximum absolute atomic E-state index is 11.7. The first kappa shape index (κ1) is 11.1. The smallest absolute Gasteiger partial charge is 0.236 e. The Hall–Kier alpha value is -1.43. The van der Waals surface area contributed by atoms with Gasteiger partial charge in [0.2, 0.25) is 17.7 Å². The Morgan fingerprint density at radius 3 is 2.25 bits per heavy atom. The first-order valence-corrected chi connectivity index (χ1v) is 5.30. The molecule has 0 unspecified atom stereocenters. The Morgan fingerprint density at radius 1 is 1.31 bits per heavy atom. The van der Waals surface area contributed by atoms with Crippen molar-refractivity contribution in [2.75, 3.05) is 33.7 Å². The molecule has 1 N–H and O–H groups in total. The van der Waals surface area contributed by atoms with E-state index < -0.39 is 0 Å². The number of hydrogen-bond acceptors (Lipinski definition) is 4. The molecule has 0 radical (unpaired) electrons. The Morgan fingerprint density at radius 2 is 1.81 bits per heavy atom. The van der Waals surface area contributed by atoms with Crippen LogP contribution in [-0.2, 0) is 14.4 Å². The van der Waals surface area contributed by atoms with Crippen molar-refractivity contribution >= 4 is 17.7 Å². The monoisotopic (exact) mass is 225 g/mol. The molecule has 6 heteroatoms. The van der Waals surface area contributed by atoms with Gasteiger partial charge in [0.25, 0.3) is 0 Å². The highest BCUT2D eigenvalue weighted by Crippen LogP contribution is 2.32. The van der Waals surface area contributed by atoms with Crippen LogP contribution in [0.5, 0.6) is 0 Å². The van der Waals surface area contributed by atoms with Gasteiger partial charge in [-0.1, -0.05) is 0 Å². The molecule has 88 valence electrons. The molecular weight excluding hydrogens is 210 g/mol. The van der Waals surface area contributed by atoms with Gasteiger partial charge in [0.15, 0.2) is 0 Å². The Balaban J connectivity index is 2.07. The average Bonchev–Trinajstić information content (AvgIpc) is 2.77. The van der Waals surface area contributed by atoms with Crippen molar-refractivity contribution in [1.82, 2.24) is 15.1 Å². The van der Waals surface area contributed by atoms with Crippen molar-refractivity contribution in [1.29, 1.82) is 0 Å². The fraction of sp³-hybridized carbons (Fsp3) is 0.700. The lowest BCUT2D eigenvalue weighted by molar-refractivity contribution is -0.139. The zero-order valence-corrected chi connectivity index (χ0v) is 9.40. The van der Waals surface area contributed by atoms with Gasteiger partial charge in [-0.3, -0.25) is 19.3 Å². The zero-order chi connectivity index (χ0) is 11.9. The minimum Gasteiger partial charge on any atom is -0.340 e. The van der Waals surface area contributed by atoms with Crippen LogP contribution in [0.4, 0.5) is 0 Å². The largest absolute Gasteiger partial charge is 0.340 e. The van der Waals surface area contributed by atoms with Crippen molar-refractivity contribution in [3.8, 4) is 0 Å². The van der Waals surface area contributed by atoms with Gasteiger partial charge in [-0.2, -0.15) is 0 Å². The molecule has 0 spiro atoms. The van der Waals surface area contributed by atoms with Crippen LogP contribution >= 0.6 is 0 Å². The number of nitrogens with zero attached hydrogens (tertiary/aromatic N) is 2. The molecule has 3 amide bonds. The predicted molar refractivity (Wildman–Crippen MR) is 55.3 cm³/mol. The molecule has 2 atom stereocenters. The molecule has 0 bridgehead atoms. The third-order valence-corrected chi connectivity index (χ3v) is 3.30. The summed E-state index contributed by atoms with van der Waals surface area (Å²) in [7, 11) is 3.20. The fourth-order valence-electron chi connectivity index (χ4n) is 2.38. The highest BCUT2D eigenvalue weighted by molar-refractivity contribution is 6.06. The van der Waals surface area contributed by atoms with Crippen molar-refractivity contribution in [3.63, 3.8) is 0 Å². The van der Waals surface area contributed by atoms with Crippen molar-refractivity contribution in [3.05, 3.63) is 0 Å². The lowest BCUT2D eigenvalue weighted by atomic mass is 10.00.